The molecule has 0 aliphatic carbocycles. The van der Waals surface area contributed by atoms with E-state index in [0.717, 1.165) is 11.3 Å². The summed E-state index contributed by atoms with van der Waals surface area (Å²) in [5, 5.41) is 19.6. The van der Waals surface area contributed by atoms with E-state index in [1.807, 2.05) is 54.6 Å². The third-order valence-electron chi connectivity index (χ3n) is 5.15. The highest BCUT2D eigenvalue weighted by Crippen LogP contribution is 2.27. The molecular formula is C26H24N4O4. The van der Waals surface area contributed by atoms with Crippen LogP contribution in [0, 0.1) is 0 Å². The van der Waals surface area contributed by atoms with Gasteiger partial charge in [-0.25, -0.2) is 4.68 Å². The summed E-state index contributed by atoms with van der Waals surface area (Å²) >= 11 is 0. The number of hydrogen-bond acceptors (Lipinski definition) is 5. The summed E-state index contributed by atoms with van der Waals surface area (Å²) in [7, 11) is 1.59. The number of aromatic nitrogens is 2. The maximum atomic E-state index is 13.1. The fraction of sp³-hybridized carbons (Fsp3) is 0.115. The van der Waals surface area contributed by atoms with Gasteiger partial charge in [0.1, 0.15) is 17.2 Å². The van der Waals surface area contributed by atoms with Gasteiger partial charge in [0.25, 0.3) is 11.8 Å². The lowest BCUT2D eigenvalue weighted by atomic mass is 10.1. The van der Waals surface area contributed by atoms with Crippen molar-refractivity contribution >= 4 is 11.8 Å². The van der Waals surface area contributed by atoms with Crippen molar-refractivity contribution in [3.05, 3.63) is 96.2 Å². The molecule has 0 aliphatic rings. The molecule has 1 aromatic heterocycles. The molecule has 0 spiro atoms. The molecule has 4 rings (SSSR count). The molecule has 0 radical (unpaired) electrons. The zero-order chi connectivity index (χ0) is 23.9. The van der Waals surface area contributed by atoms with Gasteiger partial charge < -0.3 is 20.5 Å². The Hall–Kier alpha value is -4.59. The van der Waals surface area contributed by atoms with Crippen molar-refractivity contribution in [2.45, 2.75) is 0 Å². The number of phenols is 1. The normalized spacial score (nSPS) is 10.5. The molecular weight excluding hydrogens is 432 g/mol. The number of ether oxygens (including phenoxy) is 1. The number of nitrogens with zero attached hydrogens (tertiary/aromatic N) is 2. The zero-order valence-corrected chi connectivity index (χ0v) is 18.6. The largest absolute Gasteiger partial charge is 0.508 e. The molecule has 0 atom stereocenters. The molecule has 1 heterocycles. The highest BCUT2D eigenvalue weighted by Gasteiger charge is 2.19. The Bertz CT molecular complexity index is 1280. The van der Waals surface area contributed by atoms with Crippen LogP contribution in [0.5, 0.6) is 11.5 Å². The quantitative estimate of drug-likeness (QED) is 0.353. The Morgan fingerprint density at radius 1 is 0.912 bits per heavy atom. The Labute approximate surface area is 196 Å². The average Bonchev–Trinajstić information content (AvgIpc) is 3.33. The van der Waals surface area contributed by atoms with Crippen LogP contribution in [0.15, 0.2) is 85.1 Å². The number of nitrogens with one attached hydrogen (secondary N) is 2. The average molecular weight is 457 g/mol. The maximum Gasteiger partial charge on any atom is 0.255 e. The first kappa shape index (κ1) is 22.6. The molecule has 172 valence electrons. The van der Waals surface area contributed by atoms with Gasteiger partial charge >= 0.3 is 0 Å². The van der Waals surface area contributed by atoms with Gasteiger partial charge in [-0.1, -0.05) is 30.3 Å². The standard InChI is InChI=1S/C26H24N4O4/c1-34-22-9-5-6-19(16-22)24-23(17-30(29-24)20-7-3-2-4-8-20)26(33)28-15-14-27-25(32)18-10-12-21(31)13-11-18/h2-13,16-17,31H,14-15H2,1H3,(H,27,32)(H,28,33). The second-order valence-electron chi connectivity index (χ2n) is 7.46. The Morgan fingerprint density at radius 3 is 2.32 bits per heavy atom. The Morgan fingerprint density at radius 2 is 1.62 bits per heavy atom. The van der Waals surface area contributed by atoms with Crippen LogP contribution in [0.25, 0.3) is 16.9 Å². The van der Waals surface area contributed by atoms with E-state index in [-0.39, 0.29) is 30.7 Å². The van der Waals surface area contributed by atoms with Gasteiger partial charge in [0.05, 0.1) is 18.4 Å². The van der Waals surface area contributed by atoms with Gasteiger partial charge in [-0.3, -0.25) is 9.59 Å². The van der Waals surface area contributed by atoms with Crippen molar-refractivity contribution in [1.29, 1.82) is 0 Å². The lowest BCUT2D eigenvalue weighted by Gasteiger charge is -2.08. The topological polar surface area (TPSA) is 105 Å². The van der Waals surface area contributed by atoms with Crippen molar-refractivity contribution in [1.82, 2.24) is 20.4 Å². The van der Waals surface area contributed by atoms with Crippen LogP contribution in [-0.2, 0) is 0 Å². The van der Waals surface area contributed by atoms with Crippen molar-refractivity contribution < 1.29 is 19.4 Å². The number of amides is 2. The first-order chi connectivity index (χ1) is 16.5. The summed E-state index contributed by atoms with van der Waals surface area (Å²) < 4.78 is 6.99. The molecule has 3 N–H and O–H groups in total. The first-order valence-electron chi connectivity index (χ1n) is 10.7. The van der Waals surface area contributed by atoms with E-state index in [0.29, 0.717) is 22.6 Å². The summed E-state index contributed by atoms with van der Waals surface area (Å²) in [4.78, 5) is 25.3. The molecule has 0 bridgehead atoms. The predicted octanol–water partition coefficient (Wildman–Crippen LogP) is 3.41. The monoisotopic (exact) mass is 456 g/mol. The molecule has 3 aromatic carbocycles. The van der Waals surface area contributed by atoms with Crippen LogP contribution in [0.4, 0.5) is 0 Å². The fourth-order valence-electron chi connectivity index (χ4n) is 3.40. The highest BCUT2D eigenvalue weighted by atomic mass is 16.5. The van der Waals surface area contributed by atoms with Crippen LogP contribution in [-0.4, -0.2) is 46.9 Å². The second-order valence-corrected chi connectivity index (χ2v) is 7.46. The predicted molar refractivity (Wildman–Crippen MR) is 128 cm³/mol. The molecule has 0 aliphatic heterocycles. The summed E-state index contributed by atoms with van der Waals surface area (Å²) in [5.74, 6) is 0.156. The lowest BCUT2D eigenvalue weighted by molar-refractivity contribution is 0.0928. The molecule has 0 fully saturated rings. The van der Waals surface area contributed by atoms with Gasteiger partial charge in [-0.05, 0) is 48.5 Å². The molecule has 8 heteroatoms. The van der Waals surface area contributed by atoms with Gasteiger partial charge in [-0.15, -0.1) is 0 Å². The Balaban J connectivity index is 1.49. The maximum absolute atomic E-state index is 13.1. The molecule has 0 saturated heterocycles. The zero-order valence-electron chi connectivity index (χ0n) is 18.6. The van der Waals surface area contributed by atoms with Gasteiger partial charge in [0.15, 0.2) is 0 Å². The fourth-order valence-corrected chi connectivity index (χ4v) is 3.40. The van der Waals surface area contributed by atoms with Crippen LogP contribution in [0.1, 0.15) is 20.7 Å². The van der Waals surface area contributed by atoms with Crippen LogP contribution >= 0.6 is 0 Å². The number of benzene rings is 3. The van der Waals surface area contributed by atoms with Crippen molar-refractivity contribution in [2.75, 3.05) is 20.2 Å². The van der Waals surface area contributed by atoms with Crippen molar-refractivity contribution in [3.63, 3.8) is 0 Å². The van der Waals surface area contributed by atoms with Crippen LogP contribution in [0.3, 0.4) is 0 Å². The van der Waals surface area contributed by atoms with Crippen LogP contribution in [0.2, 0.25) is 0 Å². The summed E-state index contributed by atoms with van der Waals surface area (Å²) in [6, 6.07) is 22.8. The van der Waals surface area contributed by atoms with Crippen molar-refractivity contribution in [2.24, 2.45) is 0 Å². The summed E-state index contributed by atoms with van der Waals surface area (Å²) in [6.07, 6.45) is 1.69. The van der Waals surface area contributed by atoms with E-state index >= 15 is 0 Å². The summed E-state index contributed by atoms with van der Waals surface area (Å²) in [6.45, 7) is 0.476. The molecule has 4 aromatic rings. The number of para-hydroxylation sites is 1. The number of carbonyl (C=O) groups is 2. The molecule has 0 saturated carbocycles. The van der Waals surface area contributed by atoms with E-state index in [1.54, 1.807) is 18.0 Å². The Kier molecular flexibility index (Phi) is 6.88. The van der Waals surface area contributed by atoms with Gasteiger partial charge in [0, 0.05) is 30.4 Å². The van der Waals surface area contributed by atoms with E-state index in [1.165, 1.54) is 24.3 Å². The molecule has 34 heavy (non-hydrogen) atoms. The second kappa shape index (κ2) is 10.4. The number of carbonyl (C=O) groups excluding carboxylic acids is 2. The van der Waals surface area contributed by atoms with E-state index < -0.39 is 0 Å². The smallest absolute Gasteiger partial charge is 0.255 e. The molecule has 0 unspecified atom stereocenters. The highest BCUT2D eigenvalue weighted by molar-refractivity contribution is 6.00. The minimum Gasteiger partial charge on any atom is -0.508 e. The SMILES string of the molecule is COc1cccc(-c2nn(-c3ccccc3)cc2C(=O)NCCNC(=O)c2ccc(O)cc2)c1. The number of phenolic OH excluding ortho intramolecular Hbond substituents is 1. The minimum atomic E-state index is -0.307. The minimum absolute atomic E-state index is 0.0895. The van der Waals surface area contributed by atoms with Crippen LogP contribution < -0.4 is 15.4 Å². The molecule has 8 nitrogen and oxygen atoms in total. The van der Waals surface area contributed by atoms with E-state index in [2.05, 4.69) is 15.7 Å². The van der Waals surface area contributed by atoms with Gasteiger partial charge in [-0.2, -0.15) is 5.10 Å². The van der Waals surface area contributed by atoms with E-state index in [9.17, 15) is 14.7 Å². The molecule has 2 amide bonds. The van der Waals surface area contributed by atoms with E-state index in [4.69, 9.17) is 4.74 Å². The third-order valence-corrected chi connectivity index (χ3v) is 5.15. The number of hydrogen-bond donors (Lipinski definition) is 3. The number of methoxy groups -OCH3 is 1. The van der Waals surface area contributed by atoms with Gasteiger partial charge in [0.2, 0.25) is 0 Å². The van der Waals surface area contributed by atoms with Crippen molar-refractivity contribution in [3.8, 4) is 28.4 Å². The number of aromatic hydroxyl groups is 1. The number of rotatable bonds is 8. The first-order valence-corrected chi connectivity index (χ1v) is 10.7. The summed E-state index contributed by atoms with van der Waals surface area (Å²) in [5.41, 5.74) is 2.93. The lowest BCUT2D eigenvalue weighted by Crippen LogP contribution is -2.34. The third kappa shape index (κ3) is 5.24.